The van der Waals surface area contributed by atoms with E-state index in [4.69, 9.17) is 25.3 Å². The van der Waals surface area contributed by atoms with Crippen LogP contribution in [-0.4, -0.2) is 18.1 Å². The molecule has 1 aliphatic heterocycles. The molecular weight excluding hydrogens is 290 g/mol. The number of nitriles is 3. The van der Waals surface area contributed by atoms with Gasteiger partial charge in [0.05, 0.1) is 11.0 Å². The Bertz CT molecular complexity index is 778. The lowest BCUT2D eigenvalue weighted by Crippen LogP contribution is -2.16. The van der Waals surface area contributed by atoms with Gasteiger partial charge in [-0.25, -0.2) is 0 Å². The normalized spacial score (nSPS) is 11.3. The first-order valence-corrected chi connectivity index (χ1v) is 5.90. The van der Waals surface area contributed by atoms with Gasteiger partial charge in [-0.15, -0.1) is 0 Å². The maximum Gasteiger partial charge on any atom is 0.296 e. The van der Waals surface area contributed by atoms with Gasteiger partial charge in [0.25, 0.3) is 5.69 Å². The molecule has 0 saturated heterocycles. The van der Waals surface area contributed by atoms with Crippen molar-refractivity contribution in [2.75, 3.05) is 18.5 Å². The van der Waals surface area contributed by atoms with E-state index in [9.17, 15) is 10.1 Å². The fourth-order valence-electron chi connectivity index (χ4n) is 1.75. The van der Waals surface area contributed by atoms with Gasteiger partial charge in [-0.05, 0) is 0 Å². The number of hydrogen-bond acceptors (Lipinski definition) is 8. The minimum Gasteiger partial charge on any atom is -0.486 e. The fraction of sp³-hybridized carbons (Fsp3) is 0.154. The first-order valence-electron chi connectivity index (χ1n) is 5.90. The van der Waals surface area contributed by atoms with Crippen LogP contribution in [-0.2, 0) is 0 Å². The van der Waals surface area contributed by atoms with Gasteiger partial charge in [-0.3, -0.25) is 10.1 Å². The molecule has 1 aromatic carbocycles. The second-order valence-corrected chi connectivity index (χ2v) is 3.98. The highest BCUT2D eigenvalue weighted by Crippen LogP contribution is 2.39. The van der Waals surface area contributed by atoms with Crippen molar-refractivity contribution >= 4 is 11.4 Å². The summed E-state index contributed by atoms with van der Waals surface area (Å²) in [6.45, 7) is 0.556. The third-order valence-corrected chi connectivity index (χ3v) is 2.70. The van der Waals surface area contributed by atoms with Crippen molar-refractivity contribution in [1.82, 2.24) is 0 Å². The first kappa shape index (κ1) is 14.6. The highest BCUT2D eigenvalue weighted by atomic mass is 16.6. The van der Waals surface area contributed by atoms with Crippen molar-refractivity contribution < 1.29 is 14.4 Å². The third kappa shape index (κ3) is 2.72. The third-order valence-electron chi connectivity index (χ3n) is 2.70. The lowest BCUT2D eigenvalue weighted by molar-refractivity contribution is -0.384. The van der Waals surface area contributed by atoms with Crippen LogP contribution in [0.1, 0.15) is 0 Å². The van der Waals surface area contributed by atoms with Crippen LogP contribution in [0.2, 0.25) is 0 Å². The van der Waals surface area contributed by atoms with Gasteiger partial charge >= 0.3 is 0 Å². The molecule has 9 heteroatoms. The molecule has 9 nitrogen and oxygen atoms in total. The summed E-state index contributed by atoms with van der Waals surface area (Å²) in [5.41, 5.74) is -1.31. The van der Waals surface area contributed by atoms with E-state index in [1.807, 2.05) is 0 Å². The van der Waals surface area contributed by atoms with E-state index >= 15 is 0 Å². The smallest absolute Gasteiger partial charge is 0.296 e. The summed E-state index contributed by atoms with van der Waals surface area (Å²) in [7, 11) is 0. The van der Waals surface area contributed by atoms with E-state index < -0.39 is 10.5 Å². The second kappa shape index (κ2) is 6.12. The van der Waals surface area contributed by atoms with Crippen LogP contribution in [0.15, 0.2) is 23.4 Å². The van der Waals surface area contributed by atoms with Crippen LogP contribution in [0.4, 0.5) is 11.4 Å². The number of nitrogens with zero attached hydrogens (tertiary/aromatic N) is 4. The molecule has 108 valence electrons. The number of ether oxygens (including phenoxy) is 2. The fourth-order valence-corrected chi connectivity index (χ4v) is 1.75. The number of fused-ring (bicyclic) bond motifs is 1. The molecular formula is C13H7N5O4. The Kier molecular flexibility index (Phi) is 4.07. The molecule has 0 aromatic heterocycles. The van der Waals surface area contributed by atoms with Crippen LogP contribution in [0.3, 0.4) is 0 Å². The summed E-state index contributed by atoms with van der Waals surface area (Å²) in [5, 5.41) is 40.1. The van der Waals surface area contributed by atoms with E-state index in [0.29, 0.717) is 0 Å². The summed E-state index contributed by atoms with van der Waals surface area (Å²) in [6, 6.07) is 7.16. The predicted octanol–water partition coefficient (Wildman–Crippen LogP) is 1.60. The van der Waals surface area contributed by atoms with Crippen LogP contribution < -0.4 is 14.8 Å². The molecule has 0 atom stereocenters. The van der Waals surface area contributed by atoms with Gasteiger partial charge in [-0.1, -0.05) is 0 Å². The second-order valence-electron chi connectivity index (χ2n) is 3.98. The number of nitro benzene ring substituents is 1. The number of benzene rings is 1. The van der Waals surface area contributed by atoms with Crippen molar-refractivity contribution in [3.05, 3.63) is 33.5 Å². The Morgan fingerprint density at radius 3 is 2.23 bits per heavy atom. The Morgan fingerprint density at radius 1 is 1.14 bits per heavy atom. The molecule has 2 rings (SSSR count). The molecule has 0 fully saturated rings. The van der Waals surface area contributed by atoms with Gasteiger partial charge < -0.3 is 14.8 Å². The van der Waals surface area contributed by atoms with Crippen LogP contribution in [0.25, 0.3) is 0 Å². The predicted molar refractivity (Wildman–Crippen MR) is 71.6 cm³/mol. The molecule has 1 N–H and O–H groups in total. The summed E-state index contributed by atoms with van der Waals surface area (Å²) in [4.78, 5) is 10.5. The molecule has 1 aromatic rings. The van der Waals surface area contributed by atoms with E-state index in [0.717, 1.165) is 6.07 Å². The molecule has 0 saturated carbocycles. The highest BCUT2D eigenvalue weighted by Gasteiger charge is 2.23. The van der Waals surface area contributed by atoms with E-state index in [-0.39, 0.29) is 41.8 Å². The SMILES string of the molecule is N#CC(C#N)=C(C#N)Nc1cc2c(cc1[N+](=O)[O-])OCCO2. The van der Waals surface area contributed by atoms with Gasteiger partial charge in [0, 0.05) is 6.07 Å². The average Bonchev–Trinajstić information content (AvgIpc) is 2.54. The molecule has 0 radical (unpaired) electrons. The topological polar surface area (TPSA) is 145 Å². The van der Waals surface area contributed by atoms with E-state index in [2.05, 4.69) is 5.32 Å². The van der Waals surface area contributed by atoms with Crippen LogP contribution in [0, 0.1) is 44.1 Å². The van der Waals surface area contributed by atoms with Crippen LogP contribution in [0.5, 0.6) is 11.5 Å². The van der Waals surface area contributed by atoms with Crippen LogP contribution >= 0.6 is 0 Å². The molecule has 0 amide bonds. The monoisotopic (exact) mass is 297 g/mol. The number of hydrogen-bond donors (Lipinski definition) is 1. The highest BCUT2D eigenvalue weighted by molar-refractivity contribution is 5.72. The average molecular weight is 297 g/mol. The number of rotatable bonds is 3. The number of nitro groups is 1. The first-order chi connectivity index (χ1) is 10.6. The Balaban J connectivity index is 2.53. The van der Waals surface area contributed by atoms with Crippen molar-refractivity contribution in [2.45, 2.75) is 0 Å². The summed E-state index contributed by atoms with van der Waals surface area (Å²) >= 11 is 0. The maximum absolute atomic E-state index is 11.1. The molecule has 1 aliphatic rings. The lowest BCUT2D eigenvalue weighted by Gasteiger charge is -2.19. The van der Waals surface area contributed by atoms with Crippen molar-refractivity contribution in [2.24, 2.45) is 0 Å². The minimum absolute atomic E-state index is 0.0752. The summed E-state index contributed by atoms with van der Waals surface area (Å²) in [6.07, 6.45) is 0. The van der Waals surface area contributed by atoms with Gasteiger partial charge in [0.15, 0.2) is 17.1 Å². The molecule has 0 spiro atoms. The molecule has 0 aliphatic carbocycles. The Labute approximate surface area is 124 Å². The quantitative estimate of drug-likeness (QED) is 0.503. The standard InChI is InChI=1S/C13H7N5O4/c14-5-8(6-15)10(7-16)17-9-3-12-13(22-2-1-21-12)4-11(9)18(19)20/h3-4,17H,1-2H2. The Morgan fingerprint density at radius 2 is 1.73 bits per heavy atom. The Hall–Kier alpha value is -3.77. The molecule has 1 heterocycles. The zero-order valence-electron chi connectivity index (χ0n) is 11.0. The molecule has 0 unspecified atom stereocenters. The zero-order valence-corrected chi connectivity index (χ0v) is 11.0. The van der Waals surface area contributed by atoms with Gasteiger partial charge in [-0.2, -0.15) is 15.8 Å². The largest absolute Gasteiger partial charge is 0.486 e. The minimum atomic E-state index is -0.673. The number of nitrogens with one attached hydrogen (secondary N) is 1. The summed E-state index contributed by atoms with van der Waals surface area (Å²) in [5.74, 6) is 0.485. The molecule has 0 bridgehead atoms. The van der Waals surface area contributed by atoms with Gasteiger partial charge in [0.2, 0.25) is 0 Å². The number of anilines is 1. The summed E-state index contributed by atoms with van der Waals surface area (Å²) < 4.78 is 10.6. The van der Waals surface area contributed by atoms with Crippen molar-refractivity contribution in [3.8, 4) is 29.7 Å². The zero-order chi connectivity index (χ0) is 16.1. The lowest BCUT2D eigenvalue weighted by atomic mass is 10.2. The van der Waals surface area contributed by atoms with E-state index in [1.54, 1.807) is 18.2 Å². The molecule has 22 heavy (non-hydrogen) atoms. The van der Waals surface area contributed by atoms with E-state index in [1.165, 1.54) is 6.07 Å². The van der Waals surface area contributed by atoms with Gasteiger partial charge in [0.1, 0.15) is 42.8 Å². The van der Waals surface area contributed by atoms with Crippen molar-refractivity contribution in [3.63, 3.8) is 0 Å². The maximum atomic E-state index is 11.1. The van der Waals surface area contributed by atoms with Crippen molar-refractivity contribution in [1.29, 1.82) is 15.8 Å². The number of allylic oxidation sites excluding steroid dienone is 2.